The topological polar surface area (TPSA) is 26.3 Å². The van der Waals surface area contributed by atoms with E-state index in [-0.39, 0.29) is 6.61 Å². The molecule has 0 aromatic rings. The first-order valence-electron chi connectivity index (χ1n) is 2.74. The molecule has 0 rings (SSSR count). The third-order valence-corrected chi connectivity index (χ3v) is 0.594. The largest absolute Gasteiger partial charge is 0.444 e. The van der Waals surface area contributed by atoms with E-state index in [1.54, 1.807) is 0 Å². The first-order valence-corrected chi connectivity index (χ1v) is 2.74. The van der Waals surface area contributed by atoms with Crippen molar-refractivity contribution in [2.45, 2.75) is 13.8 Å². The van der Waals surface area contributed by atoms with Crippen molar-refractivity contribution in [2.24, 2.45) is 5.92 Å². The Balaban J connectivity index is 3.26. The molecule has 0 aromatic carbocycles. The van der Waals surface area contributed by atoms with Crippen LogP contribution in [-0.4, -0.2) is 13.1 Å². The predicted octanol–water partition coefficient (Wildman–Crippen LogP) is 0.730. The number of hydrogen-bond donors (Lipinski definition) is 0. The molecule has 0 heterocycles. The zero-order chi connectivity index (χ0) is 7.11. The van der Waals surface area contributed by atoms with Gasteiger partial charge in [-0.1, -0.05) is 25.7 Å². The zero-order valence-electron chi connectivity index (χ0n) is 5.60. The van der Waals surface area contributed by atoms with E-state index in [4.69, 9.17) is 0 Å². The summed E-state index contributed by atoms with van der Waals surface area (Å²) in [6.07, 6.45) is 0. The summed E-state index contributed by atoms with van der Waals surface area (Å²) in [5.74, 6) is 5.81. The maximum absolute atomic E-state index is 9.43. The minimum absolute atomic E-state index is 0.154. The van der Waals surface area contributed by atoms with E-state index in [2.05, 4.69) is 16.6 Å². The predicted molar refractivity (Wildman–Crippen MR) is 34.3 cm³/mol. The first-order chi connectivity index (χ1) is 4.27. The van der Waals surface area contributed by atoms with Gasteiger partial charge < -0.3 is 4.74 Å². The molecule has 0 aromatic heterocycles. The average Bonchev–Trinajstić information content (AvgIpc) is 1.80. The smallest absolute Gasteiger partial charge is 0.418 e. The Bertz CT molecular complexity index is 128. The highest BCUT2D eigenvalue weighted by Gasteiger charge is 1.80. The summed E-state index contributed by atoms with van der Waals surface area (Å²) in [7, 11) is 0. The maximum Gasteiger partial charge on any atom is 0.418 e. The third-order valence-electron chi connectivity index (χ3n) is 0.594. The van der Waals surface area contributed by atoms with Crippen molar-refractivity contribution in [2.75, 3.05) is 6.61 Å². The fourth-order valence-corrected chi connectivity index (χ4v) is 0.311. The molecular weight excluding hydrogens is 116 g/mol. The molecule has 0 saturated heterocycles. The van der Waals surface area contributed by atoms with Crippen LogP contribution in [0.5, 0.6) is 0 Å². The summed E-state index contributed by atoms with van der Waals surface area (Å²) >= 11 is 0. The van der Waals surface area contributed by atoms with Gasteiger partial charge in [0.1, 0.15) is 0 Å². The van der Waals surface area contributed by atoms with Crippen LogP contribution in [0.3, 0.4) is 0 Å². The minimum atomic E-state index is 0.154. The van der Waals surface area contributed by atoms with Gasteiger partial charge in [-0.05, 0) is 0 Å². The van der Waals surface area contributed by atoms with Crippen molar-refractivity contribution in [1.29, 1.82) is 0 Å². The fraction of sp³-hybridized carbons (Fsp3) is 0.571. The Hall–Kier alpha value is -0.970. The van der Waals surface area contributed by atoms with Crippen LogP contribution in [0.1, 0.15) is 13.8 Å². The molecule has 0 aliphatic heterocycles. The second-order valence-corrected chi connectivity index (χ2v) is 1.85. The van der Waals surface area contributed by atoms with Crippen LogP contribution in [0, 0.1) is 17.8 Å². The second-order valence-electron chi connectivity index (χ2n) is 1.85. The average molecular weight is 125 g/mol. The normalized spacial score (nSPS) is 7.89. The Morgan fingerprint density at radius 1 is 1.56 bits per heavy atom. The van der Waals surface area contributed by atoms with Crippen LogP contribution in [-0.2, 0) is 9.53 Å². The van der Waals surface area contributed by atoms with Crippen LogP contribution < -0.4 is 0 Å². The lowest BCUT2D eigenvalue weighted by Crippen LogP contribution is -1.87. The van der Waals surface area contributed by atoms with Gasteiger partial charge in [0, 0.05) is 5.92 Å². The molecule has 1 radical (unpaired) electrons. The van der Waals surface area contributed by atoms with Gasteiger partial charge in [-0.15, -0.1) is 0 Å². The van der Waals surface area contributed by atoms with Crippen LogP contribution >= 0.6 is 0 Å². The summed E-state index contributed by atoms with van der Waals surface area (Å²) in [4.78, 5) is 9.43. The molecule has 2 heteroatoms. The summed E-state index contributed by atoms with van der Waals surface area (Å²) in [6.45, 7) is 5.38. The molecule has 0 aliphatic rings. The molecular formula is C7H9O2. The van der Waals surface area contributed by atoms with E-state index >= 15 is 0 Å². The van der Waals surface area contributed by atoms with E-state index in [9.17, 15) is 4.79 Å². The molecule has 0 atom stereocenters. The van der Waals surface area contributed by atoms with Gasteiger partial charge in [-0.2, -0.15) is 0 Å². The molecule has 49 valence electrons. The van der Waals surface area contributed by atoms with Crippen molar-refractivity contribution >= 4 is 6.47 Å². The molecule has 0 saturated carbocycles. The fourth-order valence-electron chi connectivity index (χ4n) is 0.311. The Morgan fingerprint density at radius 2 is 2.22 bits per heavy atom. The molecule has 2 nitrogen and oxygen atoms in total. The molecule has 0 spiro atoms. The van der Waals surface area contributed by atoms with E-state index in [1.807, 2.05) is 13.8 Å². The Labute approximate surface area is 55.2 Å². The van der Waals surface area contributed by atoms with Gasteiger partial charge >= 0.3 is 6.47 Å². The number of ether oxygens (including phenoxy) is 1. The summed E-state index contributed by atoms with van der Waals surface area (Å²) < 4.78 is 4.20. The van der Waals surface area contributed by atoms with Gasteiger partial charge in [-0.3, -0.25) is 0 Å². The number of rotatable bonds is 2. The number of hydrogen-bond acceptors (Lipinski definition) is 2. The maximum atomic E-state index is 9.43. The lowest BCUT2D eigenvalue weighted by Gasteiger charge is -1.86. The minimum Gasteiger partial charge on any atom is -0.444 e. The highest BCUT2D eigenvalue weighted by atomic mass is 16.5. The summed E-state index contributed by atoms with van der Waals surface area (Å²) in [5.41, 5.74) is 0. The van der Waals surface area contributed by atoms with Crippen molar-refractivity contribution in [3.63, 3.8) is 0 Å². The summed E-state index contributed by atoms with van der Waals surface area (Å²) in [6, 6.07) is 0. The third kappa shape index (κ3) is 7.03. The van der Waals surface area contributed by atoms with E-state index in [0.717, 1.165) is 0 Å². The van der Waals surface area contributed by atoms with Crippen molar-refractivity contribution in [3.05, 3.63) is 0 Å². The van der Waals surface area contributed by atoms with Gasteiger partial charge in [0.2, 0.25) is 0 Å². The monoisotopic (exact) mass is 125 g/mol. The molecule has 0 amide bonds. The SMILES string of the molecule is CC(C)C#CCO[C]=O. The standard InChI is InChI=1S/C7H9O2/c1-7(2)4-3-5-9-6-8/h7H,5H2,1-2H3. The van der Waals surface area contributed by atoms with Crippen molar-refractivity contribution in [1.82, 2.24) is 0 Å². The van der Waals surface area contributed by atoms with Crippen molar-refractivity contribution in [3.8, 4) is 11.8 Å². The lowest BCUT2D eigenvalue weighted by atomic mass is 10.2. The quantitative estimate of drug-likeness (QED) is 0.401. The molecule has 0 aliphatic carbocycles. The van der Waals surface area contributed by atoms with Gasteiger partial charge in [-0.25, -0.2) is 4.79 Å². The van der Waals surface area contributed by atoms with Gasteiger partial charge in [0.05, 0.1) is 0 Å². The molecule has 0 fully saturated rings. The van der Waals surface area contributed by atoms with Crippen LogP contribution in [0.2, 0.25) is 0 Å². The highest BCUT2D eigenvalue weighted by molar-refractivity contribution is 5.38. The Kier molecular flexibility index (Phi) is 4.61. The molecule has 0 bridgehead atoms. The van der Waals surface area contributed by atoms with Crippen molar-refractivity contribution < 1.29 is 9.53 Å². The van der Waals surface area contributed by atoms with Crippen LogP contribution in [0.4, 0.5) is 0 Å². The second kappa shape index (κ2) is 5.17. The van der Waals surface area contributed by atoms with E-state index in [0.29, 0.717) is 5.92 Å². The molecule has 0 N–H and O–H groups in total. The Morgan fingerprint density at radius 3 is 2.67 bits per heavy atom. The highest BCUT2D eigenvalue weighted by Crippen LogP contribution is 1.84. The summed E-state index contributed by atoms with van der Waals surface area (Å²) in [5, 5.41) is 0. The van der Waals surface area contributed by atoms with Crippen LogP contribution in [0.15, 0.2) is 0 Å². The lowest BCUT2D eigenvalue weighted by molar-refractivity contribution is 0.319. The van der Waals surface area contributed by atoms with E-state index < -0.39 is 0 Å². The number of carbonyl (C=O) groups excluding carboxylic acids is 1. The van der Waals surface area contributed by atoms with E-state index in [1.165, 1.54) is 6.47 Å². The first kappa shape index (κ1) is 8.03. The molecule has 0 unspecified atom stereocenters. The van der Waals surface area contributed by atoms with Gasteiger partial charge in [0.15, 0.2) is 6.61 Å². The van der Waals surface area contributed by atoms with Gasteiger partial charge in [0.25, 0.3) is 0 Å². The van der Waals surface area contributed by atoms with Crippen LogP contribution in [0.25, 0.3) is 0 Å². The molecule has 9 heavy (non-hydrogen) atoms. The zero-order valence-corrected chi connectivity index (χ0v) is 5.60.